The number of aryl methyl sites for hydroxylation is 2. The Kier molecular flexibility index (Phi) is 4.87. The largest absolute Gasteiger partial charge is 0.484 e. The number of nitrogens with zero attached hydrogens (tertiary/aromatic N) is 1. The van der Waals surface area contributed by atoms with Crippen LogP contribution in [0.2, 0.25) is 5.02 Å². The highest BCUT2D eigenvalue weighted by molar-refractivity contribution is 7.11. The van der Waals surface area contributed by atoms with Crippen molar-refractivity contribution in [3.8, 4) is 5.75 Å². The maximum Gasteiger partial charge on any atom is 0.258 e. The number of hydrogen-bond acceptors (Lipinski definition) is 4. The van der Waals surface area contributed by atoms with Crippen LogP contribution in [0.5, 0.6) is 5.75 Å². The van der Waals surface area contributed by atoms with Gasteiger partial charge in [-0.3, -0.25) is 4.79 Å². The minimum Gasteiger partial charge on any atom is -0.484 e. The van der Waals surface area contributed by atoms with E-state index < -0.39 is 0 Å². The van der Waals surface area contributed by atoms with Gasteiger partial charge in [-0.2, -0.15) is 0 Å². The number of carbonyl (C=O) groups excluding carboxylic acids is 1. The molecule has 0 saturated heterocycles. The van der Waals surface area contributed by atoms with Gasteiger partial charge in [-0.05, 0) is 56.4 Å². The minimum absolute atomic E-state index is 0.00531. The van der Waals surface area contributed by atoms with E-state index in [9.17, 15) is 4.79 Å². The highest BCUT2D eigenvalue weighted by Crippen LogP contribution is 2.42. The molecule has 1 fully saturated rings. The van der Waals surface area contributed by atoms with Crippen LogP contribution in [0.1, 0.15) is 34.3 Å². The summed E-state index contributed by atoms with van der Waals surface area (Å²) in [6.07, 6.45) is 4.14. The van der Waals surface area contributed by atoms with E-state index in [1.165, 1.54) is 0 Å². The summed E-state index contributed by atoms with van der Waals surface area (Å²) in [7, 11) is 0. The lowest BCUT2D eigenvalue weighted by Gasteiger charge is -2.16. The molecule has 3 rings (SSSR count). The van der Waals surface area contributed by atoms with E-state index in [1.807, 2.05) is 26.1 Å². The van der Waals surface area contributed by atoms with Gasteiger partial charge in [-0.1, -0.05) is 11.6 Å². The Balaban J connectivity index is 1.58. The second-order valence-corrected chi connectivity index (χ2v) is 7.56. The number of ether oxygens (including phenoxy) is 1. The zero-order valence-electron chi connectivity index (χ0n) is 13.1. The molecule has 23 heavy (non-hydrogen) atoms. The first kappa shape index (κ1) is 16.3. The van der Waals surface area contributed by atoms with E-state index in [2.05, 4.69) is 10.3 Å². The maximum absolute atomic E-state index is 12.2. The molecule has 1 aliphatic rings. The number of carbonyl (C=O) groups is 1. The van der Waals surface area contributed by atoms with Crippen molar-refractivity contribution in [2.24, 2.45) is 5.92 Å². The molecule has 4 nitrogen and oxygen atoms in total. The molecule has 1 amide bonds. The van der Waals surface area contributed by atoms with Crippen molar-refractivity contribution < 1.29 is 9.53 Å². The molecule has 2 aromatic rings. The smallest absolute Gasteiger partial charge is 0.258 e. The first-order valence-electron chi connectivity index (χ1n) is 7.63. The van der Waals surface area contributed by atoms with E-state index >= 15 is 0 Å². The molecular formula is C17H19ClN2O2S. The number of hydrogen-bond donors (Lipinski definition) is 1. The molecule has 0 spiro atoms. The third-order valence-corrected chi connectivity index (χ3v) is 5.23. The van der Waals surface area contributed by atoms with Crippen molar-refractivity contribution in [2.45, 2.75) is 32.7 Å². The average Bonchev–Trinajstić information content (AvgIpc) is 3.27. The van der Waals surface area contributed by atoms with E-state index in [0.29, 0.717) is 16.7 Å². The molecule has 1 atom stereocenters. The molecule has 1 heterocycles. The first-order valence-corrected chi connectivity index (χ1v) is 8.83. The minimum atomic E-state index is -0.123. The SMILES string of the molecule is Cc1cnc(C(NC(=O)COc2ccc(Cl)c(C)c2)C2CC2)s1. The van der Waals surface area contributed by atoms with Gasteiger partial charge in [0, 0.05) is 16.1 Å². The summed E-state index contributed by atoms with van der Waals surface area (Å²) in [6.45, 7) is 3.93. The van der Waals surface area contributed by atoms with E-state index in [0.717, 1.165) is 28.3 Å². The van der Waals surface area contributed by atoms with Crippen molar-refractivity contribution >= 4 is 28.8 Å². The average molecular weight is 351 g/mol. The van der Waals surface area contributed by atoms with Crippen LogP contribution in [0, 0.1) is 19.8 Å². The fourth-order valence-corrected chi connectivity index (χ4v) is 3.43. The number of thiazole rings is 1. The quantitative estimate of drug-likeness (QED) is 0.854. The molecular weight excluding hydrogens is 332 g/mol. The van der Waals surface area contributed by atoms with Gasteiger partial charge in [0.05, 0.1) is 6.04 Å². The van der Waals surface area contributed by atoms with Crippen molar-refractivity contribution in [3.63, 3.8) is 0 Å². The molecule has 0 radical (unpaired) electrons. The van der Waals surface area contributed by atoms with Crippen LogP contribution in [0.15, 0.2) is 24.4 Å². The zero-order valence-corrected chi connectivity index (χ0v) is 14.7. The molecule has 6 heteroatoms. The predicted molar refractivity (Wildman–Crippen MR) is 92.1 cm³/mol. The van der Waals surface area contributed by atoms with Gasteiger partial charge in [0.1, 0.15) is 10.8 Å². The molecule has 1 aliphatic carbocycles. The number of halogens is 1. The number of amides is 1. The summed E-state index contributed by atoms with van der Waals surface area (Å²) < 4.78 is 5.56. The van der Waals surface area contributed by atoms with Crippen LogP contribution < -0.4 is 10.1 Å². The van der Waals surface area contributed by atoms with Crippen LogP contribution in [-0.4, -0.2) is 17.5 Å². The Labute approximate surface area is 144 Å². The second-order valence-electron chi connectivity index (χ2n) is 5.89. The lowest BCUT2D eigenvalue weighted by Crippen LogP contribution is -2.33. The topological polar surface area (TPSA) is 51.2 Å². The lowest BCUT2D eigenvalue weighted by atomic mass is 10.2. The fraction of sp³-hybridized carbons (Fsp3) is 0.412. The van der Waals surface area contributed by atoms with Gasteiger partial charge in [0.25, 0.3) is 5.91 Å². The molecule has 1 unspecified atom stereocenters. The van der Waals surface area contributed by atoms with Gasteiger partial charge in [0.15, 0.2) is 6.61 Å². The maximum atomic E-state index is 12.2. The Morgan fingerprint density at radius 2 is 2.26 bits per heavy atom. The number of rotatable bonds is 6. The van der Waals surface area contributed by atoms with Gasteiger partial charge in [-0.15, -0.1) is 11.3 Å². The normalized spacial score (nSPS) is 15.3. The number of benzene rings is 1. The van der Waals surface area contributed by atoms with Gasteiger partial charge in [0.2, 0.25) is 0 Å². The Hall–Kier alpha value is -1.59. The summed E-state index contributed by atoms with van der Waals surface area (Å²) in [5.41, 5.74) is 0.929. The van der Waals surface area contributed by atoms with Gasteiger partial charge >= 0.3 is 0 Å². The van der Waals surface area contributed by atoms with Crippen LogP contribution in [0.3, 0.4) is 0 Å². The highest BCUT2D eigenvalue weighted by Gasteiger charge is 2.35. The molecule has 1 N–H and O–H groups in total. The number of aromatic nitrogens is 1. The molecule has 1 aromatic heterocycles. The summed E-state index contributed by atoms with van der Waals surface area (Å²) in [5, 5.41) is 4.74. The van der Waals surface area contributed by atoms with Crippen molar-refractivity contribution in [1.29, 1.82) is 0 Å². The van der Waals surface area contributed by atoms with Crippen LogP contribution in [0.25, 0.3) is 0 Å². The molecule has 0 aliphatic heterocycles. The van der Waals surface area contributed by atoms with Crippen molar-refractivity contribution in [1.82, 2.24) is 10.3 Å². The monoisotopic (exact) mass is 350 g/mol. The van der Waals surface area contributed by atoms with Crippen LogP contribution in [0.4, 0.5) is 0 Å². The van der Waals surface area contributed by atoms with E-state index in [4.69, 9.17) is 16.3 Å². The van der Waals surface area contributed by atoms with Crippen LogP contribution in [-0.2, 0) is 4.79 Å². The third kappa shape index (κ3) is 4.24. The highest BCUT2D eigenvalue weighted by atomic mass is 35.5. The van der Waals surface area contributed by atoms with Gasteiger partial charge < -0.3 is 10.1 Å². The molecule has 0 bridgehead atoms. The summed E-state index contributed by atoms with van der Waals surface area (Å²) in [4.78, 5) is 17.8. The lowest BCUT2D eigenvalue weighted by molar-refractivity contribution is -0.124. The Morgan fingerprint density at radius 3 is 2.87 bits per heavy atom. The van der Waals surface area contributed by atoms with Gasteiger partial charge in [-0.25, -0.2) is 4.98 Å². The standard InChI is InChI=1S/C17H19ClN2O2S/c1-10-7-13(5-6-14(10)18)22-9-15(21)20-16(12-3-4-12)17-19-8-11(2)23-17/h5-8,12,16H,3-4,9H2,1-2H3,(H,20,21). The molecule has 1 aromatic carbocycles. The summed E-state index contributed by atoms with van der Waals surface area (Å²) in [6, 6.07) is 5.38. The van der Waals surface area contributed by atoms with Crippen LogP contribution >= 0.6 is 22.9 Å². The van der Waals surface area contributed by atoms with E-state index in [1.54, 1.807) is 23.5 Å². The summed E-state index contributed by atoms with van der Waals surface area (Å²) >= 11 is 7.63. The van der Waals surface area contributed by atoms with E-state index in [-0.39, 0.29) is 18.6 Å². The third-order valence-electron chi connectivity index (χ3n) is 3.81. The van der Waals surface area contributed by atoms with Crippen molar-refractivity contribution in [2.75, 3.05) is 6.61 Å². The zero-order chi connectivity index (χ0) is 16.4. The Bertz CT molecular complexity index is 712. The Morgan fingerprint density at radius 1 is 1.48 bits per heavy atom. The first-order chi connectivity index (χ1) is 11.0. The number of nitrogens with one attached hydrogen (secondary N) is 1. The summed E-state index contributed by atoms with van der Waals surface area (Å²) in [5.74, 6) is 1.03. The molecule has 122 valence electrons. The van der Waals surface area contributed by atoms with Crippen molar-refractivity contribution in [3.05, 3.63) is 44.9 Å². The predicted octanol–water partition coefficient (Wildman–Crippen LogP) is 4.06. The fourth-order valence-electron chi connectivity index (χ4n) is 2.40. The molecule has 1 saturated carbocycles. The second kappa shape index (κ2) is 6.89.